The number of para-hydroxylation sites is 2. The summed E-state index contributed by atoms with van der Waals surface area (Å²) in [7, 11) is 1.59. The van der Waals surface area contributed by atoms with Gasteiger partial charge < -0.3 is 14.8 Å². The summed E-state index contributed by atoms with van der Waals surface area (Å²) in [5.74, 6) is 1.26. The van der Waals surface area contributed by atoms with Crippen LogP contribution in [0.1, 0.15) is 18.9 Å². The highest BCUT2D eigenvalue weighted by Gasteiger charge is 2.11. The summed E-state index contributed by atoms with van der Waals surface area (Å²) >= 11 is 12.0. The van der Waals surface area contributed by atoms with Crippen LogP contribution >= 0.6 is 23.2 Å². The molecule has 0 saturated carbocycles. The fourth-order valence-electron chi connectivity index (χ4n) is 2.31. The highest BCUT2D eigenvalue weighted by molar-refractivity contribution is 6.35. The summed E-state index contributed by atoms with van der Waals surface area (Å²) in [6.45, 7) is 2.25. The number of aryl methyl sites for hydroxylation is 1. The SMILES string of the molecule is COc1ccccc1OC[C@@H](C)NC(=O)CCc1ccc(Cl)cc1Cl. The molecular weight excluding hydrogens is 361 g/mol. The monoisotopic (exact) mass is 381 g/mol. The Morgan fingerprint density at radius 3 is 2.56 bits per heavy atom. The molecule has 0 aromatic heterocycles. The normalized spacial score (nSPS) is 11.7. The Hall–Kier alpha value is -1.91. The van der Waals surface area contributed by atoms with Gasteiger partial charge in [0, 0.05) is 16.5 Å². The number of nitrogens with one attached hydrogen (secondary N) is 1. The topological polar surface area (TPSA) is 47.6 Å². The molecule has 2 aromatic carbocycles. The van der Waals surface area contributed by atoms with Gasteiger partial charge in [-0.05, 0) is 43.2 Å². The van der Waals surface area contributed by atoms with Crippen molar-refractivity contribution in [3.8, 4) is 11.5 Å². The highest BCUT2D eigenvalue weighted by Crippen LogP contribution is 2.25. The number of rotatable bonds is 8. The Morgan fingerprint density at radius 2 is 1.88 bits per heavy atom. The molecular formula is C19H21Cl2NO3. The van der Waals surface area contributed by atoms with Crippen LogP contribution in [0.15, 0.2) is 42.5 Å². The van der Waals surface area contributed by atoms with E-state index in [1.54, 1.807) is 19.2 Å². The molecule has 0 radical (unpaired) electrons. The van der Waals surface area contributed by atoms with Crippen molar-refractivity contribution in [2.45, 2.75) is 25.8 Å². The van der Waals surface area contributed by atoms with Crippen LogP contribution in [0.3, 0.4) is 0 Å². The van der Waals surface area contributed by atoms with E-state index in [1.807, 2.05) is 37.3 Å². The quantitative estimate of drug-likeness (QED) is 0.730. The van der Waals surface area contributed by atoms with Crippen molar-refractivity contribution in [3.63, 3.8) is 0 Å². The number of amides is 1. The number of halogens is 2. The molecule has 0 bridgehead atoms. The van der Waals surface area contributed by atoms with Crippen molar-refractivity contribution in [1.29, 1.82) is 0 Å². The van der Waals surface area contributed by atoms with E-state index in [9.17, 15) is 4.79 Å². The fourth-order valence-corrected chi connectivity index (χ4v) is 2.82. The van der Waals surface area contributed by atoms with Crippen molar-refractivity contribution >= 4 is 29.1 Å². The molecule has 6 heteroatoms. The van der Waals surface area contributed by atoms with Crippen molar-refractivity contribution < 1.29 is 14.3 Å². The van der Waals surface area contributed by atoms with Gasteiger partial charge in [0.2, 0.25) is 5.91 Å². The first-order valence-corrected chi connectivity index (χ1v) is 8.74. The molecule has 0 fully saturated rings. The van der Waals surface area contributed by atoms with E-state index in [1.165, 1.54) is 0 Å². The lowest BCUT2D eigenvalue weighted by Gasteiger charge is -2.16. The average molecular weight is 382 g/mol. The van der Waals surface area contributed by atoms with E-state index in [4.69, 9.17) is 32.7 Å². The van der Waals surface area contributed by atoms with Crippen LogP contribution in [0, 0.1) is 0 Å². The van der Waals surface area contributed by atoms with E-state index < -0.39 is 0 Å². The number of hydrogen-bond acceptors (Lipinski definition) is 3. The molecule has 1 atom stereocenters. The van der Waals surface area contributed by atoms with Gasteiger partial charge in [0.15, 0.2) is 11.5 Å². The first-order valence-electron chi connectivity index (χ1n) is 7.98. The molecule has 0 aliphatic heterocycles. The first-order chi connectivity index (χ1) is 12.0. The third-order valence-corrected chi connectivity index (χ3v) is 4.19. The molecule has 0 saturated heterocycles. The molecule has 0 aliphatic carbocycles. The van der Waals surface area contributed by atoms with E-state index in [2.05, 4.69) is 5.32 Å². The fraction of sp³-hybridized carbons (Fsp3) is 0.316. The summed E-state index contributed by atoms with van der Waals surface area (Å²) in [5, 5.41) is 4.08. The number of methoxy groups -OCH3 is 1. The lowest BCUT2D eigenvalue weighted by atomic mass is 10.1. The van der Waals surface area contributed by atoms with Gasteiger partial charge in [-0.1, -0.05) is 41.4 Å². The van der Waals surface area contributed by atoms with E-state index >= 15 is 0 Å². The maximum Gasteiger partial charge on any atom is 0.220 e. The zero-order valence-electron chi connectivity index (χ0n) is 14.2. The summed E-state index contributed by atoms with van der Waals surface area (Å²) in [4.78, 5) is 12.1. The molecule has 4 nitrogen and oxygen atoms in total. The third kappa shape index (κ3) is 6.15. The molecule has 25 heavy (non-hydrogen) atoms. The minimum absolute atomic E-state index is 0.0536. The van der Waals surface area contributed by atoms with Crippen molar-refractivity contribution in [3.05, 3.63) is 58.1 Å². The minimum atomic E-state index is -0.127. The van der Waals surface area contributed by atoms with Gasteiger partial charge in [0.1, 0.15) is 6.61 Å². The van der Waals surface area contributed by atoms with Gasteiger partial charge in [-0.25, -0.2) is 0 Å². The smallest absolute Gasteiger partial charge is 0.220 e. The number of ether oxygens (including phenoxy) is 2. The summed E-state index contributed by atoms with van der Waals surface area (Å²) in [5.41, 5.74) is 0.902. The first kappa shape index (κ1) is 19.4. The zero-order chi connectivity index (χ0) is 18.2. The van der Waals surface area contributed by atoms with Crippen LogP contribution in [0.5, 0.6) is 11.5 Å². The van der Waals surface area contributed by atoms with Gasteiger partial charge in [0.05, 0.1) is 13.2 Å². The lowest BCUT2D eigenvalue weighted by Crippen LogP contribution is -2.36. The second-order valence-electron chi connectivity index (χ2n) is 5.67. The number of carbonyl (C=O) groups is 1. The molecule has 1 amide bonds. The van der Waals surface area contributed by atoms with Crippen LogP contribution in [0.25, 0.3) is 0 Å². The Kier molecular flexibility index (Phi) is 7.41. The van der Waals surface area contributed by atoms with Crippen LogP contribution in [0.4, 0.5) is 0 Å². The zero-order valence-corrected chi connectivity index (χ0v) is 15.7. The predicted octanol–water partition coefficient (Wildman–Crippen LogP) is 4.52. The second-order valence-corrected chi connectivity index (χ2v) is 6.51. The molecule has 0 heterocycles. The van der Waals surface area contributed by atoms with Crippen molar-refractivity contribution in [2.75, 3.05) is 13.7 Å². The van der Waals surface area contributed by atoms with Gasteiger partial charge in [0.25, 0.3) is 0 Å². The minimum Gasteiger partial charge on any atom is -0.493 e. The van der Waals surface area contributed by atoms with Gasteiger partial charge in [-0.3, -0.25) is 4.79 Å². The number of benzene rings is 2. The average Bonchev–Trinajstić information content (AvgIpc) is 2.59. The summed E-state index contributed by atoms with van der Waals surface area (Å²) in [6, 6.07) is 12.6. The van der Waals surface area contributed by atoms with E-state index in [-0.39, 0.29) is 11.9 Å². The molecule has 134 valence electrons. The van der Waals surface area contributed by atoms with E-state index in [0.29, 0.717) is 41.0 Å². The van der Waals surface area contributed by atoms with Crippen LogP contribution in [0.2, 0.25) is 10.0 Å². The largest absolute Gasteiger partial charge is 0.493 e. The lowest BCUT2D eigenvalue weighted by molar-refractivity contribution is -0.121. The van der Waals surface area contributed by atoms with Crippen molar-refractivity contribution in [1.82, 2.24) is 5.32 Å². The summed E-state index contributed by atoms with van der Waals surface area (Å²) in [6.07, 6.45) is 0.905. The Morgan fingerprint density at radius 1 is 1.16 bits per heavy atom. The van der Waals surface area contributed by atoms with Crippen molar-refractivity contribution in [2.24, 2.45) is 0 Å². The summed E-state index contributed by atoms with van der Waals surface area (Å²) < 4.78 is 10.9. The van der Waals surface area contributed by atoms with Crippen LogP contribution in [-0.2, 0) is 11.2 Å². The molecule has 0 spiro atoms. The van der Waals surface area contributed by atoms with Gasteiger partial charge in [-0.15, -0.1) is 0 Å². The van der Waals surface area contributed by atoms with Crippen LogP contribution in [-0.4, -0.2) is 25.7 Å². The Labute approximate surface area is 158 Å². The predicted molar refractivity (Wildman–Crippen MR) is 101 cm³/mol. The molecule has 2 rings (SSSR count). The number of carbonyl (C=O) groups excluding carboxylic acids is 1. The Balaban J connectivity index is 1.78. The van der Waals surface area contributed by atoms with E-state index in [0.717, 1.165) is 5.56 Å². The standard InChI is InChI=1S/C19H21Cl2NO3/c1-13(12-25-18-6-4-3-5-17(18)24-2)22-19(23)10-8-14-7-9-15(20)11-16(14)21/h3-7,9,11,13H,8,10,12H2,1-2H3,(H,22,23)/t13-/m1/s1. The Bertz CT molecular complexity index is 722. The third-order valence-electron chi connectivity index (χ3n) is 3.60. The highest BCUT2D eigenvalue weighted by atomic mass is 35.5. The molecule has 0 unspecified atom stereocenters. The molecule has 0 aliphatic rings. The molecule has 2 aromatic rings. The number of hydrogen-bond donors (Lipinski definition) is 1. The van der Waals surface area contributed by atoms with Crippen LogP contribution < -0.4 is 14.8 Å². The van der Waals surface area contributed by atoms with Gasteiger partial charge >= 0.3 is 0 Å². The second kappa shape index (κ2) is 9.54. The maximum atomic E-state index is 12.1. The van der Waals surface area contributed by atoms with Gasteiger partial charge in [-0.2, -0.15) is 0 Å². The molecule has 1 N–H and O–H groups in total. The maximum absolute atomic E-state index is 12.1.